The Morgan fingerprint density at radius 3 is 0.939 bits per heavy atom. The van der Waals surface area contributed by atoms with Gasteiger partial charge >= 0.3 is 17.9 Å². The molecule has 0 aromatic heterocycles. The van der Waals surface area contributed by atoms with E-state index in [0.29, 0.717) is 19.3 Å². The quantitative estimate of drug-likeness (QED) is 0.0262. The summed E-state index contributed by atoms with van der Waals surface area (Å²) in [5, 5.41) is 0. The second-order valence-electron chi connectivity index (χ2n) is 19.2. The summed E-state index contributed by atoms with van der Waals surface area (Å²) in [5.74, 6) is -0.966. The normalized spacial score (nSPS) is 12.3. The van der Waals surface area contributed by atoms with Crippen molar-refractivity contribution in [3.8, 4) is 0 Å². The van der Waals surface area contributed by atoms with Crippen LogP contribution in [0.4, 0.5) is 0 Å². The van der Waals surface area contributed by atoms with Gasteiger partial charge in [-0.1, -0.05) is 236 Å². The second kappa shape index (κ2) is 55.0. The number of esters is 3. The van der Waals surface area contributed by atoms with Crippen LogP contribution in [0.2, 0.25) is 0 Å². The summed E-state index contributed by atoms with van der Waals surface area (Å²) in [7, 11) is 0. The van der Waals surface area contributed by atoms with E-state index in [4.69, 9.17) is 14.2 Å². The lowest BCUT2D eigenvalue weighted by atomic mass is 10.1. The van der Waals surface area contributed by atoms with E-state index in [9.17, 15) is 14.4 Å². The SMILES string of the molecule is CCCCCCCC/C=C\C/C=C\CCC(=O)OCC(COC(=O)CCCCCCC/C=C\CCCCCCCCCCC)OC(=O)CCCCCCCCC/C=C\CCCCCCCC. The Kier molecular flexibility index (Phi) is 52.8. The lowest BCUT2D eigenvalue weighted by Gasteiger charge is -2.18. The van der Waals surface area contributed by atoms with E-state index in [-0.39, 0.29) is 37.5 Å². The molecule has 0 aromatic carbocycles. The molecule has 0 aliphatic heterocycles. The van der Waals surface area contributed by atoms with Crippen molar-refractivity contribution in [2.75, 3.05) is 13.2 Å². The molecule has 66 heavy (non-hydrogen) atoms. The molecule has 0 heterocycles. The molecule has 0 aliphatic carbocycles. The predicted octanol–water partition coefficient (Wildman–Crippen LogP) is 19.0. The summed E-state index contributed by atoms with van der Waals surface area (Å²) in [5.41, 5.74) is 0. The molecule has 6 nitrogen and oxygen atoms in total. The molecule has 0 amide bonds. The summed E-state index contributed by atoms with van der Waals surface area (Å²) >= 11 is 0. The minimum Gasteiger partial charge on any atom is -0.462 e. The molecule has 0 aromatic rings. The highest BCUT2D eigenvalue weighted by Gasteiger charge is 2.19. The summed E-state index contributed by atoms with van der Waals surface area (Å²) in [4.78, 5) is 38.1. The highest BCUT2D eigenvalue weighted by molar-refractivity contribution is 5.71. The van der Waals surface area contributed by atoms with Crippen molar-refractivity contribution < 1.29 is 28.6 Å². The van der Waals surface area contributed by atoms with Crippen LogP contribution in [0.1, 0.15) is 297 Å². The van der Waals surface area contributed by atoms with Gasteiger partial charge in [0.05, 0.1) is 0 Å². The summed E-state index contributed by atoms with van der Waals surface area (Å²) in [6.07, 6.45) is 66.9. The van der Waals surface area contributed by atoms with Crippen LogP contribution in [-0.4, -0.2) is 37.2 Å². The molecule has 0 spiro atoms. The molecule has 0 N–H and O–H groups in total. The Hall–Kier alpha value is -2.63. The van der Waals surface area contributed by atoms with Gasteiger partial charge in [0.1, 0.15) is 13.2 Å². The van der Waals surface area contributed by atoms with Crippen LogP contribution in [0.15, 0.2) is 48.6 Å². The highest BCUT2D eigenvalue weighted by atomic mass is 16.6. The topological polar surface area (TPSA) is 78.9 Å². The fraction of sp³-hybridized carbons (Fsp3) is 0.817. The van der Waals surface area contributed by atoms with Gasteiger partial charge in [-0.05, 0) is 89.9 Å². The van der Waals surface area contributed by atoms with Crippen molar-refractivity contribution in [3.63, 3.8) is 0 Å². The minimum atomic E-state index is -0.800. The predicted molar refractivity (Wildman–Crippen MR) is 284 cm³/mol. The maximum Gasteiger partial charge on any atom is 0.306 e. The summed E-state index contributed by atoms with van der Waals surface area (Å²) < 4.78 is 16.8. The molecule has 1 atom stereocenters. The van der Waals surface area contributed by atoms with E-state index >= 15 is 0 Å². The number of carbonyl (C=O) groups is 3. The third kappa shape index (κ3) is 52.3. The molecule has 0 rings (SSSR count). The Labute approximate surface area is 409 Å². The number of unbranched alkanes of at least 4 members (excludes halogenated alkanes) is 33. The Morgan fingerprint density at radius 2 is 0.576 bits per heavy atom. The first-order chi connectivity index (χ1) is 32.5. The average Bonchev–Trinajstić information content (AvgIpc) is 3.31. The number of allylic oxidation sites excluding steroid dienone is 8. The minimum absolute atomic E-state index is 0.0948. The van der Waals surface area contributed by atoms with Crippen molar-refractivity contribution in [2.24, 2.45) is 0 Å². The molecule has 384 valence electrons. The molecule has 0 radical (unpaired) electrons. The molecule has 0 aliphatic rings. The standard InChI is InChI=1S/C60H108O6/c1-4-7-10-13-16-19-22-25-27-29-31-32-35-38-41-44-47-50-53-59(62)65-56-57(55-64-58(61)52-49-46-43-40-37-34-24-21-18-15-12-9-6-3)66-60(63)54-51-48-45-42-39-36-33-30-28-26-23-20-17-14-11-8-5-2/h26,28,31-32,34,37,43,46,57H,4-25,27,29-30,33,35-36,38-42,44-45,47-56H2,1-3H3/b28-26-,32-31-,37-34-,46-43-. The van der Waals surface area contributed by atoms with Gasteiger partial charge in [0.25, 0.3) is 0 Å². The molecule has 0 saturated heterocycles. The Morgan fingerprint density at radius 1 is 0.303 bits per heavy atom. The van der Waals surface area contributed by atoms with Gasteiger partial charge in [0.15, 0.2) is 6.10 Å². The van der Waals surface area contributed by atoms with Crippen molar-refractivity contribution in [3.05, 3.63) is 48.6 Å². The Balaban J connectivity index is 4.41. The lowest BCUT2D eigenvalue weighted by molar-refractivity contribution is -0.166. The zero-order valence-corrected chi connectivity index (χ0v) is 44.0. The largest absolute Gasteiger partial charge is 0.462 e. The zero-order chi connectivity index (χ0) is 47.9. The van der Waals surface area contributed by atoms with Crippen LogP contribution in [0.3, 0.4) is 0 Å². The van der Waals surface area contributed by atoms with E-state index in [0.717, 1.165) is 57.8 Å². The van der Waals surface area contributed by atoms with Gasteiger partial charge in [-0.15, -0.1) is 0 Å². The van der Waals surface area contributed by atoms with E-state index in [2.05, 4.69) is 63.3 Å². The van der Waals surface area contributed by atoms with E-state index < -0.39 is 6.10 Å². The van der Waals surface area contributed by atoms with Crippen LogP contribution in [0.25, 0.3) is 0 Å². The third-order valence-corrected chi connectivity index (χ3v) is 12.5. The molecule has 1 unspecified atom stereocenters. The summed E-state index contributed by atoms with van der Waals surface area (Å²) in [6.45, 7) is 6.59. The summed E-state index contributed by atoms with van der Waals surface area (Å²) in [6, 6.07) is 0. The Bertz CT molecular complexity index is 1150. The number of rotatable bonds is 52. The first-order valence-electron chi connectivity index (χ1n) is 28.6. The lowest BCUT2D eigenvalue weighted by Crippen LogP contribution is -2.30. The van der Waals surface area contributed by atoms with Gasteiger partial charge < -0.3 is 14.2 Å². The number of ether oxygens (including phenoxy) is 3. The molecule has 0 fully saturated rings. The van der Waals surface area contributed by atoms with Crippen LogP contribution < -0.4 is 0 Å². The van der Waals surface area contributed by atoms with Crippen molar-refractivity contribution in [1.82, 2.24) is 0 Å². The van der Waals surface area contributed by atoms with Gasteiger partial charge in [-0.2, -0.15) is 0 Å². The van der Waals surface area contributed by atoms with Gasteiger partial charge in [0, 0.05) is 19.3 Å². The van der Waals surface area contributed by atoms with Crippen LogP contribution in [-0.2, 0) is 28.6 Å². The first-order valence-corrected chi connectivity index (χ1v) is 28.6. The van der Waals surface area contributed by atoms with Crippen LogP contribution >= 0.6 is 0 Å². The van der Waals surface area contributed by atoms with Gasteiger partial charge in [0.2, 0.25) is 0 Å². The second-order valence-corrected chi connectivity index (χ2v) is 19.2. The van der Waals surface area contributed by atoms with Crippen molar-refractivity contribution >= 4 is 17.9 Å². The number of hydrogen-bond acceptors (Lipinski definition) is 6. The van der Waals surface area contributed by atoms with E-state index in [1.165, 1.54) is 193 Å². The monoisotopic (exact) mass is 925 g/mol. The third-order valence-electron chi connectivity index (χ3n) is 12.5. The molecular weight excluding hydrogens is 817 g/mol. The van der Waals surface area contributed by atoms with Gasteiger partial charge in [-0.25, -0.2) is 0 Å². The molecular formula is C60H108O6. The highest BCUT2D eigenvalue weighted by Crippen LogP contribution is 2.15. The van der Waals surface area contributed by atoms with Crippen molar-refractivity contribution in [2.45, 2.75) is 303 Å². The molecule has 0 bridgehead atoms. The van der Waals surface area contributed by atoms with Crippen LogP contribution in [0, 0.1) is 0 Å². The fourth-order valence-corrected chi connectivity index (χ4v) is 8.19. The molecule has 6 heteroatoms. The average molecular weight is 926 g/mol. The fourth-order valence-electron chi connectivity index (χ4n) is 8.19. The molecule has 0 saturated carbocycles. The van der Waals surface area contributed by atoms with E-state index in [1.54, 1.807) is 0 Å². The smallest absolute Gasteiger partial charge is 0.306 e. The maximum atomic E-state index is 12.8. The maximum absolute atomic E-state index is 12.8. The van der Waals surface area contributed by atoms with Gasteiger partial charge in [-0.3, -0.25) is 14.4 Å². The van der Waals surface area contributed by atoms with Crippen molar-refractivity contribution in [1.29, 1.82) is 0 Å². The number of carbonyl (C=O) groups excluding carboxylic acids is 3. The number of hydrogen-bond donors (Lipinski definition) is 0. The van der Waals surface area contributed by atoms with Crippen LogP contribution in [0.5, 0.6) is 0 Å². The zero-order valence-electron chi connectivity index (χ0n) is 44.0. The van der Waals surface area contributed by atoms with E-state index in [1.807, 2.05) is 6.08 Å². The first kappa shape index (κ1) is 63.4.